The highest BCUT2D eigenvalue weighted by atomic mass is 28.4. The van der Waals surface area contributed by atoms with Crippen LogP contribution in [0.15, 0.2) is 46.1 Å². The summed E-state index contributed by atoms with van der Waals surface area (Å²) in [5.74, 6) is 0.710. The Kier molecular flexibility index (Phi) is 7.56. The van der Waals surface area contributed by atoms with Gasteiger partial charge in [0.1, 0.15) is 18.0 Å². The molecule has 1 fully saturated rings. The Hall–Kier alpha value is -2.27. The Morgan fingerprint density at radius 2 is 1.82 bits per heavy atom. The highest BCUT2D eigenvalue weighted by Gasteiger charge is 2.57. The zero-order chi connectivity index (χ0) is 25.3. The molecule has 0 spiro atoms. The summed E-state index contributed by atoms with van der Waals surface area (Å²) in [5, 5.41) is -0.0423. The maximum Gasteiger partial charge on any atom is 0.330 e. The minimum atomic E-state index is -2.15. The summed E-state index contributed by atoms with van der Waals surface area (Å²) in [7, 11) is -0.568. The van der Waals surface area contributed by atoms with Gasteiger partial charge in [-0.15, -0.1) is 0 Å². The van der Waals surface area contributed by atoms with Crippen molar-refractivity contribution in [1.29, 1.82) is 0 Å². The van der Waals surface area contributed by atoms with Gasteiger partial charge in [0.05, 0.1) is 20.3 Å². The number of halogens is 1. The summed E-state index contributed by atoms with van der Waals surface area (Å²) in [6.45, 7) is 12.2. The van der Waals surface area contributed by atoms with Crippen molar-refractivity contribution in [3.05, 3.63) is 62.9 Å². The first-order chi connectivity index (χ1) is 15.8. The van der Waals surface area contributed by atoms with Crippen molar-refractivity contribution in [3.63, 3.8) is 0 Å². The Balaban J connectivity index is 1.87. The minimum absolute atomic E-state index is 0.0423. The lowest BCUT2D eigenvalue weighted by Gasteiger charge is -2.37. The summed E-state index contributed by atoms with van der Waals surface area (Å²) in [4.78, 5) is 26.1. The number of methoxy groups -OCH3 is 1. The van der Waals surface area contributed by atoms with Crippen LogP contribution in [-0.4, -0.2) is 49.5 Å². The summed E-state index contributed by atoms with van der Waals surface area (Å²) in [6.07, 6.45) is -1.82. The molecule has 0 amide bonds. The van der Waals surface area contributed by atoms with Crippen LogP contribution in [0.2, 0.25) is 18.1 Å². The molecule has 4 atom stereocenters. The first kappa shape index (κ1) is 26.3. The number of nitrogens with one attached hydrogen (secondary N) is 1. The van der Waals surface area contributed by atoms with Crippen LogP contribution in [-0.2, 0) is 20.5 Å². The number of aromatic nitrogens is 2. The molecule has 1 saturated heterocycles. The number of nitrogens with zero attached hydrogens (tertiary/aromatic N) is 1. The summed E-state index contributed by atoms with van der Waals surface area (Å²) in [5.41, 5.74) is -2.55. The molecule has 0 aliphatic carbocycles. The zero-order valence-corrected chi connectivity index (χ0v) is 21.9. The highest BCUT2D eigenvalue weighted by molar-refractivity contribution is 6.74. The van der Waals surface area contributed by atoms with Crippen molar-refractivity contribution < 1.29 is 23.0 Å². The number of benzene rings is 1. The van der Waals surface area contributed by atoms with Gasteiger partial charge in [0.2, 0.25) is 0 Å². The van der Waals surface area contributed by atoms with Crippen LogP contribution in [0.3, 0.4) is 0 Å². The third kappa shape index (κ3) is 5.51. The van der Waals surface area contributed by atoms with Gasteiger partial charge in [-0.2, -0.15) is 0 Å². The molecule has 0 saturated carbocycles. The van der Waals surface area contributed by atoms with E-state index in [1.807, 2.05) is 12.1 Å². The first-order valence-electron chi connectivity index (χ1n) is 11.3. The topological polar surface area (TPSA) is 91.8 Å². The predicted molar refractivity (Wildman–Crippen MR) is 129 cm³/mol. The third-order valence-electron chi connectivity index (χ3n) is 6.79. The average molecular weight is 495 g/mol. The lowest BCUT2D eigenvalue weighted by atomic mass is 9.98. The predicted octanol–water partition coefficient (Wildman–Crippen LogP) is 3.78. The fourth-order valence-electron chi connectivity index (χ4n) is 3.64. The second-order valence-corrected chi connectivity index (χ2v) is 15.2. The van der Waals surface area contributed by atoms with E-state index in [9.17, 15) is 9.59 Å². The van der Waals surface area contributed by atoms with Crippen molar-refractivity contribution in [2.75, 3.05) is 13.7 Å². The summed E-state index contributed by atoms with van der Waals surface area (Å²) >= 11 is 0. The van der Waals surface area contributed by atoms with Crippen molar-refractivity contribution in [2.45, 2.75) is 76.5 Å². The highest BCUT2D eigenvalue weighted by Crippen LogP contribution is 2.44. The lowest BCUT2D eigenvalue weighted by molar-refractivity contribution is -0.0659. The summed E-state index contributed by atoms with van der Waals surface area (Å²) in [6, 6.07) is 8.45. The Morgan fingerprint density at radius 1 is 1.18 bits per heavy atom. The molecule has 0 bridgehead atoms. The second-order valence-electron chi connectivity index (χ2n) is 10.3. The molecule has 1 aliphatic rings. The molecule has 3 rings (SSSR count). The molecule has 10 heteroatoms. The van der Waals surface area contributed by atoms with Gasteiger partial charge in [0, 0.05) is 12.3 Å². The number of alkyl halides is 1. The van der Waals surface area contributed by atoms with Gasteiger partial charge in [-0.3, -0.25) is 14.3 Å². The molecule has 1 unspecified atom stereocenters. The van der Waals surface area contributed by atoms with Gasteiger partial charge in [-0.1, -0.05) is 32.9 Å². The Labute approximate surface area is 200 Å². The maximum absolute atomic E-state index is 16.3. The van der Waals surface area contributed by atoms with Crippen LogP contribution < -0.4 is 16.0 Å². The first-order valence-corrected chi connectivity index (χ1v) is 14.2. The van der Waals surface area contributed by atoms with Crippen molar-refractivity contribution in [1.82, 2.24) is 9.55 Å². The zero-order valence-electron chi connectivity index (χ0n) is 20.9. The van der Waals surface area contributed by atoms with Crippen LogP contribution in [0.5, 0.6) is 5.75 Å². The van der Waals surface area contributed by atoms with Crippen molar-refractivity contribution in [3.8, 4) is 5.75 Å². The fraction of sp³-hybridized carbons (Fsp3) is 0.583. The van der Waals surface area contributed by atoms with E-state index in [0.717, 1.165) is 16.2 Å². The van der Waals surface area contributed by atoms with Crippen LogP contribution in [0, 0.1) is 0 Å². The molecular weight excluding hydrogens is 459 g/mol. The molecule has 1 aromatic carbocycles. The lowest BCUT2D eigenvalue weighted by Crippen LogP contribution is -2.47. The summed E-state index contributed by atoms with van der Waals surface area (Å²) < 4.78 is 40.9. The van der Waals surface area contributed by atoms with E-state index in [0.29, 0.717) is 5.75 Å². The molecule has 2 aromatic rings. The Bertz CT molecular complexity index is 1090. The van der Waals surface area contributed by atoms with E-state index in [4.69, 9.17) is 18.6 Å². The molecule has 2 heterocycles. The number of hydrogen-bond acceptors (Lipinski definition) is 6. The molecular formula is C24H35FN2O6Si. The van der Waals surface area contributed by atoms with Crippen LogP contribution >= 0.6 is 0 Å². The monoisotopic (exact) mass is 494 g/mol. The Morgan fingerprint density at radius 3 is 2.38 bits per heavy atom. The van der Waals surface area contributed by atoms with Crippen molar-refractivity contribution >= 4 is 8.32 Å². The van der Waals surface area contributed by atoms with Crippen LogP contribution in [0.1, 0.15) is 39.5 Å². The van der Waals surface area contributed by atoms with E-state index < -0.39 is 43.7 Å². The second kappa shape index (κ2) is 9.77. The molecule has 188 valence electrons. The van der Waals surface area contributed by atoms with Gasteiger partial charge in [0.15, 0.2) is 20.2 Å². The number of ether oxygens (including phenoxy) is 3. The van der Waals surface area contributed by atoms with Gasteiger partial charge >= 0.3 is 5.69 Å². The van der Waals surface area contributed by atoms with Gasteiger partial charge in [-0.25, -0.2) is 9.18 Å². The molecule has 1 N–H and O–H groups in total. The smallest absolute Gasteiger partial charge is 0.330 e. The standard InChI is InChI=1S/C24H35FN2O6Si/c1-23(2,3)34(6,7)32-15-18-20(31-14-16-8-10-17(30-5)11-9-16)24(4,25)21(33-18)27-13-12-19(28)26-22(27)29/h8-13,18,20-21H,14-15H2,1-7H3,(H,26,28,29)/t18-,20?,21-,24-/m1/s1. The van der Waals surface area contributed by atoms with Crippen LogP contribution in [0.25, 0.3) is 0 Å². The fourth-order valence-corrected chi connectivity index (χ4v) is 4.65. The van der Waals surface area contributed by atoms with E-state index in [2.05, 4.69) is 38.8 Å². The maximum atomic E-state index is 16.3. The molecule has 8 nitrogen and oxygen atoms in total. The molecule has 1 aromatic heterocycles. The minimum Gasteiger partial charge on any atom is -0.497 e. The normalized spacial score (nSPS) is 25.5. The quantitative estimate of drug-likeness (QED) is 0.562. The molecule has 0 radical (unpaired) electrons. The largest absolute Gasteiger partial charge is 0.497 e. The number of rotatable bonds is 8. The number of aromatic amines is 1. The van der Waals surface area contributed by atoms with Gasteiger partial charge in [0.25, 0.3) is 5.56 Å². The SMILES string of the molecule is COc1ccc(COC2[C@@H](CO[Si](C)(C)C(C)(C)C)O[C@@H](n3ccc(=O)[nH]c3=O)[C@]2(C)F)cc1. The third-order valence-corrected chi connectivity index (χ3v) is 11.3. The molecule has 1 aliphatic heterocycles. The van der Waals surface area contributed by atoms with Crippen LogP contribution in [0.4, 0.5) is 4.39 Å². The molecule has 34 heavy (non-hydrogen) atoms. The average Bonchev–Trinajstić information content (AvgIpc) is 3.00. The van der Waals surface area contributed by atoms with E-state index >= 15 is 4.39 Å². The van der Waals surface area contributed by atoms with E-state index in [1.54, 1.807) is 19.2 Å². The van der Waals surface area contributed by atoms with Gasteiger partial charge < -0.3 is 18.6 Å². The van der Waals surface area contributed by atoms with E-state index in [1.165, 1.54) is 13.1 Å². The number of H-pyrrole nitrogens is 1. The van der Waals surface area contributed by atoms with E-state index in [-0.39, 0.29) is 18.3 Å². The van der Waals surface area contributed by atoms with Crippen molar-refractivity contribution in [2.24, 2.45) is 0 Å². The number of hydrogen-bond donors (Lipinski definition) is 1. The van der Waals surface area contributed by atoms with Gasteiger partial charge in [-0.05, 0) is 42.8 Å².